The molecular formula is C20H13ClN2OS. The van der Waals surface area contributed by atoms with Gasteiger partial charge in [0.1, 0.15) is 5.01 Å². The van der Waals surface area contributed by atoms with Crippen LogP contribution in [0.5, 0.6) is 0 Å². The Morgan fingerprint density at radius 1 is 0.960 bits per heavy atom. The van der Waals surface area contributed by atoms with Gasteiger partial charge >= 0.3 is 0 Å². The number of anilines is 1. The van der Waals surface area contributed by atoms with E-state index in [9.17, 15) is 4.79 Å². The zero-order valence-electron chi connectivity index (χ0n) is 13.1. The van der Waals surface area contributed by atoms with Gasteiger partial charge in [0, 0.05) is 16.1 Å². The lowest BCUT2D eigenvalue weighted by molar-refractivity contribution is 0.102. The molecule has 5 heteroatoms. The summed E-state index contributed by atoms with van der Waals surface area (Å²) in [5, 5.41) is 4.38. The fourth-order valence-corrected chi connectivity index (χ4v) is 3.79. The molecule has 0 fully saturated rings. The largest absolute Gasteiger partial charge is 0.321 e. The maximum atomic E-state index is 12.5. The van der Waals surface area contributed by atoms with E-state index in [-0.39, 0.29) is 5.91 Å². The Kier molecular flexibility index (Phi) is 4.22. The van der Waals surface area contributed by atoms with Crippen LogP contribution in [-0.2, 0) is 0 Å². The lowest BCUT2D eigenvalue weighted by Gasteiger charge is -2.09. The number of nitrogens with one attached hydrogen (secondary N) is 1. The number of carbonyl (C=O) groups is 1. The average Bonchev–Trinajstić information content (AvgIpc) is 3.06. The van der Waals surface area contributed by atoms with Crippen molar-refractivity contribution in [1.82, 2.24) is 4.98 Å². The van der Waals surface area contributed by atoms with Crippen LogP contribution < -0.4 is 5.32 Å². The van der Waals surface area contributed by atoms with Gasteiger partial charge in [-0.05, 0) is 42.5 Å². The summed E-state index contributed by atoms with van der Waals surface area (Å²) in [6.45, 7) is 0. The Morgan fingerprint density at radius 2 is 1.76 bits per heavy atom. The number of nitrogens with zero attached hydrogens (tertiary/aromatic N) is 1. The number of benzene rings is 3. The number of hydrogen-bond acceptors (Lipinski definition) is 3. The molecular weight excluding hydrogens is 352 g/mol. The Hall–Kier alpha value is -2.69. The van der Waals surface area contributed by atoms with Crippen LogP contribution in [0.4, 0.5) is 5.69 Å². The predicted octanol–water partition coefficient (Wildman–Crippen LogP) is 5.87. The highest BCUT2D eigenvalue weighted by Gasteiger charge is 2.13. The van der Waals surface area contributed by atoms with Gasteiger partial charge < -0.3 is 5.32 Å². The zero-order chi connectivity index (χ0) is 17.2. The summed E-state index contributed by atoms with van der Waals surface area (Å²) < 4.78 is 1.12. The molecule has 0 radical (unpaired) electrons. The molecule has 0 aliphatic rings. The van der Waals surface area contributed by atoms with E-state index in [1.165, 1.54) is 0 Å². The van der Waals surface area contributed by atoms with Crippen molar-refractivity contribution < 1.29 is 4.79 Å². The highest BCUT2D eigenvalue weighted by atomic mass is 35.5. The van der Waals surface area contributed by atoms with Crippen molar-refractivity contribution in [3.05, 3.63) is 83.4 Å². The number of thiazole rings is 1. The lowest BCUT2D eigenvalue weighted by atomic mass is 10.1. The Bertz CT molecular complexity index is 1040. The summed E-state index contributed by atoms with van der Waals surface area (Å²) in [6.07, 6.45) is 0. The standard InChI is InChI=1S/C20H13ClN2OS/c21-14-7-5-6-13(12-14)19(24)22-16-9-2-1-8-15(16)20-23-17-10-3-4-11-18(17)25-20/h1-12H,(H,22,24). The Labute approximate surface area is 153 Å². The number of rotatable bonds is 3. The van der Waals surface area contributed by atoms with Crippen LogP contribution in [0.3, 0.4) is 0 Å². The average molecular weight is 365 g/mol. The minimum atomic E-state index is -0.198. The van der Waals surface area contributed by atoms with Crippen molar-refractivity contribution >= 4 is 44.7 Å². The number of fused-ring (bicyclic) bond motifs is 1. The van der Waals surface area contributed by atoms with Gasteiger partial charge in [-0.3, -0.25) is 4.79 Å². The SMILES string of the molecule is O=C(Nc1ccccc1-c1nc2ccccc2s1)c1cccc(Cl)c1. The summed E-state index contributed by atoms with van der Waals surface area (Å²) in [6, 6.07) is 22.6. The zero-order valence-corrected chi connectivity index (χ0v) is 14.6. The molecule has 4 rings (SSSR count). The third-order valence-electron chi connectivity index (χ3n) is 3.79. The van der Waals surface area contributed by atoms with Gasteiger partial charge in [0.25, 0.3) is 5.91 Å². The van der Waals surface area contributed by atoms with Crippen LogP contribution in [0.2, 0.25) is 5.02 Å². The first-order valence-corrected chi connectivity index (χ1v) is 8.92. The van der Waals surface area contributed by atoms with Crippen molar-refractivity contribution in [2.45, 2.75) is 0 Å². The number of carbonyl (C=O) groups excluding carboxylic acids is 1. The van der Waals surface area contributed by atoms with Crippen LogP contribution in [0.25, 0.3) is 20.8 Å². The highest BCUT2D eigenvalue weighted by molar-refractivity contribution is 7.21. The summed E-state index contributed by atoms with van der Waals surface area (Å²) in [7, 11) is 0. The molecule has 0 spiro atoms. The van der Waals surface area contributed by atoms with Crippen molar-refractivity contribution in [3.8, 4) is 10.6 Å². The van der Waals surface area contributed by atoms with E-state index in [0.717, 1.165) is 26.5 Å². The van der Waals surface area contributed by atoms with E-state index in [0.29, 0.717) is 10.6 Å². The molecule has 0 unspecified atom stereocenters. The Balaban J connectivity index is 1.70. The van der Waals surface area contributed by atoms with E-state index in [1.54, 1.807) is 35.6 Å². The number of hydrogen-bond donors (Lipinski definition) is 1. The maximum Gasteiger partial charge on any atom is 0.255 e. The first kappa shape index (κ1) is 15.8. The second kappa shape index (κ2) is 6.67. The van der Waals surface area contributed by atoms with Gasteiger partial charge in [0.2, 0.25) is 0 Å². The van der Waals surface area contributed by atoms with Crippen LogP contribution in [-0.4, -0.2) is 10.9 Å². The molecule has 0 saturated carbocycles. The monoisotopic (exact) mass is 364 g/mol. The number of amides is 1. The fraction of sp³-hybridized carbons (Fsp3) is 0. The summed E-state index contributed by atoms with van der Waals surface area (Å²) in [4.78, 5) is 17.2. The lowest BCUT2D eigenvalue weighted by Crippen LogP contribution is -2.12. The number of halogens is 1. The Morgan fingerprint density at radius 3 is 2.60 bits per heavy atom. The molecule has 1 amide bonds. The number of aromatic nitrogens is 1. The van der Waals surface area contributed by atoms with E-state index in [2.05, 4.69) is 10.3 Å². The van der Waals surface area contributed by atoms with Crippen LogP contribution in [0.15, 0.2) is 72.8 Å². The minimum absolute atomic E-state index is 0.198. The molecule has 0 saturated heterocycles. The molecule has 4 aromatic rings. The first-order chi connectivity index (χ1) is 12.2. The van der Waals surface area contributed by atoms with Gasteiger partial charge in [-0.25, -0.2) is 4.98 Å². The molecule has 122 valence electrons. The van der Waals surface area contributed by atoms with Gasteiger partial charge in [-0.15, -0.1) is 11.3 Å². The highest BCUT2D eigenvalue weighted by Crippen LogP contribution is 2.34. The smallest absolute Gasteiger partial charge is 0.255 e. The van der Waals surface area contributed by atoms with Crippen LogP contribution in [0.1, 0.15) is 10.4 Å². The number of para-hydroxylation sites is 2. The summed E-state index contributed by atoms with van der Waals surface area (Å²) in [5.74, 6) is -0.198. The molecule has 0 aliphatic heterocycles. The molecule has 3 nitrogen and oxygen atoms in total. The van der Waals surface area contributed by atoms with Crippen molar-refractivity contribution in [3.63, 3.8) is 0 Å². The summed E-state index contributed by atoms with van der Waals surface area (Å²) in [5.41, 5.74) is 3.11. The minimum Gasteiger partial charge on any atom is -0.321 e. The van der Waals surface area contributed by atoms with E-state index >= 15 is 0 Å². The molecule has 0 atom stereocenters. The van der Waals surface area contributed by atoms with Gasteiger partial charge in [0.05, 0.1) is 15.9 Å². The second-order valence-electron chi connectivity index (χ2n) is 5.50. The second-order valence-corrected chi connectivity index (χ2v) is 6.96. The first-order valence-electron chi connectivity index (χ1n) is 7.72. The normalized spacial score (nSPS) is 10.8. The predicted molar refractivity (Wildman–Crippen MR) is 104 cm³/mol. The molecule has 0 bridgehead atoms. The van der Waals surface area contributed by atoms with Crippen molar-refractivity contribution in [1.29, 1.82) is 0 Å². The maximum absolute atomic E-state index is 12.5. The molecule has 1 heterocycles. The molecule has 1 aromatic heterocycles. The van der Waals surface area contributed by atoms with E-state index < -0.39 is 0 Å². The topological polar surface area (TPSA) is 42.0 Å². The van der Waals surface area contributed by atoms with Crippen LogP contribution in [0, 0.1) is 0 Å². The van der Waals surface area contributed by atoms with Crippen molar-refractivity contribution in [2.75, 3.05) is 5.32 Å². The molecule has 3 aromatic carbocycles. The third-order valence-corrected chi connectivity index (χ3v) is 5.09. The molecule has 0 aliphatic carbocycles. The molecule has 25 heavy (non-hydrogen) atoms. The summed E-state index contributed by atoms with van der Waals surface area (Å²) >= 11 is 7.58. The van der Waals surface area contributed by atoms with Crippen LogP contribution >= 0.6 is 22.9 Å². The van der Waals surface area contributed by atoms with E-state index in [4.69, 9.17) is 11.6 Å². The van der Waals surface area contributed by atoms with E-state index in [1.807, 2.05) is 48.5 Å². The molecule has 1 N–H and O–H groups in total. The van der Waals surface area contributed by atoms with Gasteiger partial charge in [-0.2, -0.15) is 0 Å². The fourth-order valence-electron chi connectivity index (χ4n) is 2.59. The third kappa shape index (κ3) is 3.27. The van der Waals surface area contributed by atoms with Gasteiger partial charge in [-0.1, -0.05) is 41.9 Å². The quantitative estimate of drug-likeness (QED) is 0.494. The van der Waals surface area contributed by atoms with Gasteiger partial charge in [0.15, 0.2) is 0 Å². The van der Waals surface area contributed by atoms with Crippen molar-refractivity contribution in [2.24, 2.45) is 0 Å².